The lowest BCUT2D eigenvalue weighted by molar-refractivity contribution is -0.139. The molecule has 1 aliphatic heterocycles. The van der Waals surface area contributed by atoms with Gasteiger partial charge >= 0.3 is 11.8 Å². The fourth-order valence-corrected chi connectivity index (χ4v) is 3.57. The molecule has 0 aromatic heterocycles. The van der Waals surface area contributed by atoms with Gasteiger partial charge in [-0.3, -0.25) is 14.4 Å². The van der Waals surface area contributed by atoms with Gasteiger partial charge in [0.25, 0.3) is 5.91 Å². The van der Waals surface area contributed by atoms with Crippen LogP contribution in [-0.2, 0) is 19.1 Å². The molecule has 0 radical (unpaired) electrons. The number of carbonyl (C=O) groups excluding carboxylic acids is 3. The van der Waals surface area contributed by atoms with Gasteiger partial charge < -0.3 is 24.8 Å². The van der Waals surface area contributed by atoms with Gasteiger partial charge in [-0.05, 0) is 54.8 Å². The summed E-state index contributed by atoms with van der Waals surface area (Å²) < 4.78 is 16.2. The number of carbonyl (C=O) groups is 3. The Morgan fingerprint density at radius 2 is 1.97 bits per heavy atom. The fourth-order valence-electron chi connectivity index (χ4n) is 3.11. The standard InChI is InChI=1S/C23H24Cl2N4O6/c1-33-20-9-14(11-27-29-23(32)22(31)26-12-16-3-2-8-34-16)4-7-19(20)35-13-21(30)28-18-6-5-15(24)10-17(18)25/h4-7,9-11,16H,2-3,8,12-13H2,1H3,(H,26,31)(H,28,30)(H,29,32)/b27-11-/t16-/m1/s1. The van der Waals surface area contributed by atoms with E-state index in [9.17, 15) is 14.4 Å². The normalized spacial score (nSPS) is 15.0. The van der Waals surface area contributed by atoms with Crippen molar-refractivity contribution in [2.24, 2.45) is 5.10 Å². The van der Waals surface area contributed by atoms with Crippen molar-refractivity contribution in [1.82, 2.24) is 10.7 Å². The molecule has 0 spiro atoms. The molecular formula is C23H24Cl2N4O6. The minimum atomic E-state index is -0.891. The minimum absolute atomic E-state index is 0.0650. The van der Waals surface area contributed by atoms with E-state index in [2.05, 4.69) is 21.2 Å². The van der Waals surface area contributed by atoms with Gasteiger partial charge in [-0.2, -0.15) is 5.10 Å². The van der Waals surface area contributed by atoms with Crippen molar-refractivity contribution in [2.45, 2.75) is 18.9 Å². The number of halogens is 2. The number of nitrogens with one attached hydrogen (secondary N) is 3. The Balaban J connectivity index is 1.48. The van der Waals surface area contributed by atoms with Crippen LogP contribution < -0.4 is 25.5 Å². The van der Waals surface area contributed by atoms with Crippen LogP contribution in [0.4, 0.5) is 5.69 Å². The second-order valence-corrected chi connectivity index (χ2v) is 8.26. The van der Waals surface area contributed by atoms with Gasteiger partial charge in [-0.25, -0.2) is 5.43 Å². The fraction of sp³-hybridized carbons (Fsp3) is 0.304. The van der Waals surface area contributed by atoms with E-state index in [1.54, 1.807) is 30.3 Å². The third-order valence-electron chi connectivity index (χ3n) is 4.85. The van der Waals surface area contributed by atoms with Crippen molar-refractivity contribution < 1.29 is 28.6 Å². The second-order valence-electron chi connectivity index (χ2n) is 7.42. The summed E-state index contributed by atoms with van der Waals surface area (Å²) in [5.41, 5.74) is 3.13. The van der Waals surface area contributed by atoms with Crippen LogP contribution in [0.3, 0.4) is 0 Å². The van der Waals surface area contributed by atoms with Gasteiger partial charge in [-0.15, -0.1) is 0 Å². The second kappa shape index (κ2) is 12.9. The molecule has 10 nitrogen and oxygen atoms in total. The zero-order valence-corrected chi connectivity index (χ0v) is 20.3. The Labute approximate surface area is 211 Å². The molecule has 2 aromatic rings. The van der Waals surface area contributed by atoms with E-state index in [1.165, 1.54) is 19.4 Å². The van der Waals surface area contributed by atoms with Crippen LogP contribution in [0.15, 0.2) is 41.5 Å². The van der Waals surface area contributed by atoms with Crippen LogP contribution in [0.5, 0.6) is 11.5 Å². The van der Waals surface area contributed by atoms with E-state index in [0.29, 0.717) is 39.4 Å². The summed E-state index contributed by atoms with van der Waals surface area (Å²) in [6.45, 7) is 0.648. The lowest BCUT2D eigenvalue weighted by Gasteiger charge is -2.12. The molecule has 0 unspecified atom stereocenters. The summed E-state index contributed by atoms with van der Waals surface area (Å²) in [6.07, 6.45) is 3.07. The smallest absolute Gasteiger partial charge is 0.329 e. The van der Waals surface area contributed by atoms with Gasteiger partial charge in [0.05, 0.1) is 30.1 Å². The van der Waals surface area contributed by atoms with E-state index in [1.807, 2.05) is 0 Å². The van der Waals surface area contributed by atoms with Gasteiger partial charge in [0.1, 0.15) is 0 Å². The molecule has 1 fully saturated rings. The third kappa shape index (κ3) is 8.13. The molecule has 1 saturated heterocycles. The van der Waals surface area contributed by atoms with Crippen molar-refractivity contribution in [3.63, 3.8) is 0 Å². The first-order valence-corrected chi connectivity index (χ1v) is 11.4. The molecular weight excluding hydrogens is 499 g/mol. The molecule has 3 N–H and O–H groups in total. The number of hydrogen-bond donors (Lipinski definition) is 3. The van der Waals surface area contributed by atoms with Crippen LogP contribution in [0.25, 0.3) is 0 Å². The lowest BCUT2D eigenvalue weighted by atomic mass is 10.2. The molecule has 12 heteroatoms. The van der Waals surface area contributed by atoms with Crippen LogP contribution in [0.1, 0.15) is 18.4 Å². The maximum atomic E-state index is 12.2. The summed E-state index contributed by atoms with van der Waals surface area (Å²) in [5, 5.41) is 9.69. The van der Waals surface area contributed by atoms with Crippen LogP contribution in [0, 0.1) is 0 Å². The minimum Gasteiger partial charge on any atom is -0.493 e. The average Bonchev–Trinajstić information content (AvgIpc) is 3.37. The van der Waals surface area contributed by atoms with Crippen LogP contribution in [-0.4, -0.2) is 56.9 Å². The van der Waals surface area contributed by atoms with Crippen LogP contribution >= 0.6 is 23.2 Å². The Bertz CT molecular complexity index is 1110. The molecule has 1 atom stereocenters. The third-order valence-corrected chi connectivity index (χ3v) is 5.40. The van der Waals surface area contributed by atoms with E-state index < -0.39 is 17.7 Å². The number of nitrogens with zero attached hydrogens (tertiary/aromatic N) is 1. The van der Waals surface area contributed by atoms with Gasteiger partial charge in [0.15, 0.2) is 18.1 Å². The molecule has 0 saturated carbocycles. The predicted octanol–water partition coefficient (Wildman–Crippen LogP) is 2.76. The largest absolute Gasteiger partial charge is 0.493 e. The summed E-state index contributed by atoms with van der Waals surface area (Å²) >= 11 is 11.9. The highest BCUT2D eigenvalue weighted by molar-refractivity contribution is 6.36. The predicted molar refractivity (Wildman–Crippen MR) is 131 cm³/mol. The topological polar surface area (TPSA) is 127 Å². The quantitative estimate of drug-likeness (QED) is 0.264. The average molecular weight is 523 g/mol. The molecule has 0 bridgehead atoms. The number of methoxy groups -OCH3 is 1. The highest BCUT2D eigenvalue weighted by Crippen LogP contribution is 2.28. The molecule has 1 aliphatic rings. The number of ether oxygens (including phenoxy) is 3. The van der Waals surface area contributed by atoms with Crippen molar-refractivity contribution in [1.29, 1.82) is 0 Å². The van der Waals surface area contributed by atoms with Gasteiger partial charge in [-0.1, -0.05) is 23.2 Å². The molecule has 1 heterocycles. The van der Waals surface area contributed by atoms with Crippen molar-refractivity contribution in [3.8, 4) is 11.5 Å². The Kier molecular flexibility index (Phi) is 9.71. The molecule has 3 amide bonds. The highest BCUT2D eigenvalue weighted by atomic mass is 35.5. The Hall–Kier alpha value is -3.34. The molecule has 35 heavy (non-hydrogen) atoms. The number of anilines is 1. The van der Waals surface area contributed by atoms with Crippen molar-refractivity contribution in [3.05, 3.63) is 52.0 Å². The first-order chi connectivity index (χ1) is 16.9. The summed E-state index contributed by atoms with van der Waals surface area (Å²) in [6, 6.07) is 9.52. The van der Waals surface area contributed by atoms with E-state index in [4.69, 9.17) is 37.4 Å². The molecule has 2 aromatic carbocycles. The van der Waals surface area contributed by atoms with E-state index in [-0.39, 0.29) is 19.3 Å². The monoisotopic (exact) mass is 522 g/mol. The zero-order valence-electron chi connectivity index (χ0n) is 18.8. The number of benzene rings is 2. The highest BCUT2D eigenvalue weighted by Gasteiger charge is 2.19. The van der Waals surface area contributed by atoms with Gasteiger partial charge in [0, 0.05) is 18.2 Å². The SMILES string of the molecule is COc1cc(/C=N\NC(=O)C(=O)NC[C@H]2CCCO2)ccc1OCC(=O)Nc1ccc(Cl)cc1Cl. The summed E-state index contributed by atoms with van der Waals surface area (Å²) in [4.78, 5) is 35.9. The summed E-state index contributed by atoms with van der Waals surface area (Å²) in [5.74, 6) is -1.45. The number of hydrazone groups is 1. The summed E-state index contributed by atoms with van der Waals surface area (Å²) in [7, 11) is 1.44. The zero-order chi connectivity index (χ0) is 25.2. The van der Waals surface area contributed by atoms with Crippen molar-refractivity contribution >= 4 is 52.8 Å². The van der Waals surface area contributed by atoms with E-state index >= 15 is 0 Å². The Morgan fingerprint density at radius 1 is 1.14 bits per heavy atom. The molecule has 186 valence electrons. The number of amides is 3. The number of hydrogen-bond acceptors (Lipinski definition) is 7. The first kappa shape index (κ1) is 26.3. The first-order valence-electron chi connectivity index (χ1n) is 10.6. The van der Waals surface area contributed by atoms with Gasteiger partial charge in [0.2, 0.25) is 0 Å². The van der Waals surface area contributed by atoms with E-state index in [0.717, 1.165) is 12.8 Å². The Morgan fingerprint density at radius 3 is 2.69 bits per heavy atom. The molecule has 3 rings (SSSR count). The lowest BCUT2D eigenvalue weighted by Crippen LogP contribution is -2.41. The molecule has 0 aliphatic carbocycles. The van der Waals surface area contributed by atoms with Crippen molar-refractivity contribution in [2.75, 3.05) is 32.2 Å². The maximum Gasteiger partial charge on any atom is 0.329 e. The van der Waals surface area contributed by atoms with Crippen LogP contribution in [0.2, 0.25) is 10.0 Å². The maximum absolute atomic E-state index is 12.2. The number of rotatable bonds is 9.